The predicted molar refractivity (Wildman–Crippen MR) is 75.3 cm³/mol. The summed E-state index contributed by atoms with van der Waals surface area (Å²) in [6, 6.07) is 5.47. The van der Waals surface area contributed by atoms with Crippen molar-refractivity contribution in [1.82, 2.24) is 10.2 Å². The Morgan fingerprint density at radius 2 is 2.29 bits per heavy atom. The minimum atomic E-state index is -0.749. The maximum Gasteiger partial charge on any atom is 0.261 e. The summed E-state index contributed by atoms with van der Waals surface area (Å²) in [6.07, 6.45) is 0.275. The van der Waals surface area contributed by atoms with E-state index in [1.165, 1.54) is 18.2 Å². The molecule has 1 heterocycles. The van der Waals surface area contributed by atoms with Gasteiger partial charge in [0.1, 0.15) is 11.6 Å². The third-order valence-electron chi connectivity index (χ3n) is 3.48. The molecular formula is C15H19FN2O3. The monoisotopic (exact) mass is 294 g/mol. The number of nitrogens with zero attached hydrogens (tertiary/aromatic N) is 1. The van der Waals surface area contributed by atoms with E-state index in [0.29, 0.717) is 18.7 Å². The van der Waals surface area contributed by atoms with Crippen molar-refractivity contribution < 1.29 is 18.7 Å². The van der Waals surface area contributed by atoms with Gasteiger partial charge in [-0.15, -0.1) is 0 Å². The fourth-order valence-corrected chi connectivity index (χ4v) is 2.18. The van der Waals surface area contributed by atoms with E-state index in [-0.39, 0.29) is 17.9 Å². The number of hydrogen-bond donors (Lipinski definition) is 1. The molecule has 5 nitrogen and oxygen atoms in total. The van der Waals surface area contributed by atoms with Crippen molar-refractivity contribution in [1.29, 1.82) is 0 Å². The normalized spacial score (nSPS) is 20.0. The average Bonchev–Trinajstić information content (AvgIpc) is 2.43. The quantitative estimate of drug-likeness (QED) is 0.911. The molecule has 1 aliphatic rings. The van der Waals surface area contributed by atoms with Crippen molar-refractivity contribution in [2.24, 2.45) is 0 Å². The van der Waals surface area contributed by atoms with Crippen LogP contribution in [0.3, 0.4) is 0 Å². The van der Waals surface area contributed by atoms with Gasteiger partial charge in [0.15, 0.2) is 6.10 Å². The van der Waals surface area contributed by atoms with Gasteiger partial charge >= 0.3 is 0 Å². The van der Waals surface area contributed by atoms with Gasteiger partial charge in [-0.05, 0) is 25.5 Å². The van der Waals surface area contributed by atoms with Crippen molar-refractivity contribution in [2.45, 2.75) is 31.9 Å². The smallest absolute Gasteiger partial charge is 0.261 e. The van der Waals surface area contributed by atoms with Gasteiger partial charge in [-0.2, -0.15) is 0 Å². The molecule has 1 saturated heterocycles. The van der Waals surface area contributed by atoms with Gasteiger partial charge in [-0.3, -0.25) is 9.59 Å². The Hall–Kier alpha value is -2.11. The maximum absolute atomic E-state index is 13.0. The number of nitrogens with one attached hydrogen (secondary N) is 1. The second-order valence-corrected chi connectivity index (χ2v) is 5.23. The molecule has 1 N–H and O–H groups in total. The van der Waals surface area contributed by atoms with Gasteiger partial charge in [-0.1, -0.05) is 6.07 Å². The first-order valence-corrected chi connectivity index (χ1v) is 6.92. The van der Waals surface area contributed by atoms with E-state index >= 15 is 0 Å². The molecule has 1 aliphatic heterocycles. The molecule has 0 aliphatic carbocycles. The fourth-order valence-electron chi connectivity index (χ4n) is 2.18. The lowest BCUT2D eigenvalue weighted by atomic mass is 10.0. The van der Waals surface area contributed by atoms with Crippen LogP contribution in [0.25, 0.3) is 0 Å². The summed E-state index contributed by atoms with van der Waals surface area (Å²) < 4.78 is 18.4. The van der Waals surface area contributed by atoms with Gasteiger partial charge in [0.25, 0.3) is 5.91 Å². The van der Waals surface area contributed by atoms with E-state index < -0.39 is 11.9 Å². The molecule has 21 heavy (non-hydrogen) atoms. The molecule has 2 atom stereocenters. The molecule has 6 heteroatoms. The number of piperidine rings is 1. The Balaban J connectivity index is 1.86. The van der Waals surface area contributed by atoms with Crippen molar-refractivity contribution in [2.75, 3.05) is 13.6 Å². The Labute approximate surface area is 123 Å². The van der Waals surface area contributed by atoms with Crippen LogP contribution in [0.5, 0.6) is 5.75 Å². The number of ether oxygens (including phenoxy) is 1. The van der Waals surface area contributed by atoms with Crippen LogP contribution in [0.2, 0.25) is 0 Å². The fraction of sp³-hybridized carbons (Fsp3) is 0.467. The van der Waals surface area contributed by atoms with Gasteiger partial charge < -0.3 is 15.0 Å². The van der Waals surface area contributed by atoms with Gasteiger partial charge in [0.05, 0.1) is 0 Å². The molecule has 1 aromatic carbocycles. The average molecular weight is 294 g/mol. The Morgan fingerprint density at radius 3 is 2.95 bits per heavy atom. The summed E-state index contributed by atoms with van der Waals surface area (Å²) in [5.74, 6) is -0.398. The molecule has 114 valence electrons. The van der Waals surface area contributed by atoms with Crippen LogP contribution >= 0.6 is 0 Å². The van der Waals surface area contributed by atoms with E-state index in [1.54, 1.807) is 24.9 Å². The molecule has 0 bridgehead atoms. The molecule has 2 amide bonds. The predicted octanol–water partition coefficient (Wildman–Crippen LogP) is 1.33. The second-order valence-electron chi connectivity index (χ2n) is 5.23. The summed E-state index contributed by atoms with van der Waals surface area (Å²) in [7, 11) is 1.75. The van der Waals surface area contributed by atoms with Crippen LogP contribution in [-0.4, -0.2) is 42.5 Å². The summed E-state index contributed by atoms with van der Waals surface area (Å²) in [5.41, 5.74) is 0. The first-order valence-electron chi connectivity index (χ1n) is 6.92. The molecule has 0 aromatic heterocycles. The van der Waals surface area contributed by atoms with Crippen molar-refractivity contribution in [3.05, 3.63) is 30.1 Å². The van der Waals surface area contributed by atoms with E-state index in [1.807, 2.05) is 0 Å². The highest BCUT2D eigenvalue weighted by Crippen LogP contribution is 2.15. The highest BCUT2D eigenvalue weighted by molar-refractivity contribution is 5.83. The summed E-state index contributed by atoms with van der Waals surface area (Å²) in [6.45, 7) is 2.22. The van der Waals surface area contributed by atoms with Crippen molar-refractivity contribution >= 4 is 11.8 Å². The molecule has 1 fully saturated rings. The van der Waals surface area contributed by atoms with Crippen LogP contribution in [0, 0.1) is 5.82 Å². The molecule has 0 radical (unpaired) electrons. The topological polar surface area (TPSA) is 58.6 Å². The maximum atomic E-state index is 13.0. The lowest BCUT2D eigenvalue weighted by Gasteiger charge is -2.30. The largest absolute Gasteiger partial charge is 0.481 e. The number of hydrogen-bond acceptors (Lipinski definition) is 3. The van der Waals surface area contributed by atoms with Crippen molar-refractivity contribution in [3.63, 3.8) is 0 Å². The number of likely N-dealkylation sites (tertiary alicyclic amines) is 1. The zero-order valence-electron chi connectivity index (χ0n) is 12.1. The highest BCUT2D eigenvalue weighted by Gasteiger charge is 2.26. The van der Waals surface area contributed by atoms with E-state index in [4.69, 9.17) is 4.74 Å². The zero-order valence-corrected chi connectivity index (χ0v) is 12.1. The summed E-state index contributed by atoms with van der Waals surface area (Å²) in [5, 5.41) is 2.80. The van der Waals surface area contributed by atoms with E-state index in [0.717, 1.165) is 6.42 Å². The number of halogens is 1. The van der Waals surface area contributed by atoms with E-state index in [2.05, 4.69) is 5.32 Å². The molecule has 1 aromatic rings. The molecule has 0 saturated carbocycles. The minimum absolute atomic E-state index is 0.0188. The highest BCUT2D eigenvalue weighted by atomic mass is 19.1. The van der Waals surface area contributed by atoms with Crippen LogP contribution in [0.1, 0.15) is 19.8 Å². The minimum Gasteiger partial charge on any atom is -0.481 e. The van der Waals surface area contributed by atoms with Crippen molar-refractivity contribution in [3.8, 4) is 5.75 Å². The first-order chi connectivity index (χ1) is 9.95. The number of rotatable bonds is 4. The Kier molecular flexibility index (Phi) is 4.77. The van der Waals surface area contributed by atoms with Crippen LogP contribution in [0.15, 0.2) is 24.3 Å². The Morgan fingerprint density at radius 1 is 1.52 bits per heavy atom. The third kappa shape index (κ3) is 4.18. The molecular weight excluding hydrogens is 275 g/mol. The molecule has 2 rings (SSSR count). The Bertz CT molecular complexity index is 535. The standard InChI is InChI=1S/C15H19FN2O3/c1-10(21-13-5-3-4-11(16)8-13)15(20)17-12-6-7-18(2)14(19)9-12/h3-5,8,10,12H,6-7,9H2,1-2H3,(H,17,20). The third-order valence-corrected chi connectivity index (χ3v) is 3.48. The van der Waals surface area contributed by atoms with Crippen LogP contribution in [0.4, 0.5) is 4.39 Å². The van der Waals surface area contributed by atoms with E-state index in [9.17, 15) is 14.0 Å². The molecule has 2 unspecified atom stereocenters. The number of benzene rings is 1. The summed E-state index contributed by atoms with van der Waals surface area (Å²) >= 11 is 0. The van der Waals surface area contributed by atoms with Gasteiger partial charge in [-0.25, -0.2) is 4.39 Å². The lowest BCUT2D eigenvalue weighted by molar-refractivity contribution is -0.134. The number of carbonyl (C=O) groups is 2. The van der Waals surface area contributed by atoms with Crippen LogP contribution in [-0.2, 0) is 9.59 Å². The van der Waals surface area contributed by atoms with Gasteiger partial charge in [0.2, 0.25) is 5.91 Å². The lowest BCUT2D eigenvalue weighted by Crippen LogP contribution is -2.49. The van der Waals surface area contributed by atoms with Crippen LogP contribution < -0.4 is 10.1 Å². The zero-order chi connectivity index (χ0) is 15.4. The summed E-state index contributed by atoms with van der Waals surface area (Å²) in [4.78, 5) is 25.3. The number of carbonyl (C=O) groups excluding carboxylic acids is 2. The first kappa shape index (κ1) is 15.3. The van der Waals surface area contributed by atoms with Gasteiger partial charge in [0, 0.05) is 32.1 Å². The number of amides is 2. The second kappa shape index (κ2) is 6.56. The molecule has 0 spiro atoms. The SMILES string of the molecule is CC(Oc1cccc(F)c1)C(=O)NC1CCN(C)C(=O)C1.